The van der Waals surface area contributed by atoms with E-state index in [4.69, 9.17) is 9.47 Å². The summed E-state index contributed by atoms with van der Waals surface area (Å²) in [5, 5.41) is 12.5. The number of halogens is 4. The first-order valence-electron chi connectivity index (χ1n) is 11.1. The highest BCUT2D eigenvalue weighted by Crippen LogP contribution is 2.57. The molecule has 1 aliphatic heterocycles. The molecule has 3 saturated carbocycles. The second kappa shape index (κ2) is 7.80. The molecule has 2 bridgehead atoms. The lowest BCUT2D eigenvalue weighted by molar-refractivity contribution is -0.127. The summed E-state index contributed by atoms with van der Waals surface area (Å²) in [5.74, 6) is 1.11. The number of alkyl halides is 4. The van der Waals surface area contributed by atoms with Gasteiger partial charge in [-0.2, -0.15) is 18.3 Å². The lowest BCUT2D eigenvalue weighted by Gasteiger charge is -2.61. The number of carbonyl (C=O) groups is 1. The Labute approximate surface area is 195 Å². The third-order valence-corrected chi connectivity index (χ3v) is 6.71. The van der Waals surface area contributed by atoms with E-state index in [0.29, 0.717) is 11.6 Å². The molecule has 1 saturated heterocycles. The van der Waals surface area contributed by atoms with Crippen molar-refractivity contribution in [1.82, 2.24) is 29.9 Å². The first-order chi connectivity index (χ1) is 16.7. The third-order valence-electron chi connectivity index (χ3n) is 6.71. The van der Waals surface area contributed by atoms with Gasteiger partial charge in [0.1, 0.15) is 11.8 Å². The van der Waals surface area contributed by atoms with Crippen LogP contribution in [0, 0.1) is 5.92 Å². The van der Waals surface area contributed by atoms with Gasteiger partial charge in [0.15, 0.2) is 18.1 Å². The number of nitrogens with zero attached hydrogens (tertiary/aromatic N) is 4. The van der Waals surface area contributed by atoms with Crippen LogP contribution in [0.5, 0.6) is 0 Å². The van der Waals surface area contributed by atoms with Crippen LogP contribution in [0.2, 0.25) is 0 Å². The second-order valence-electron chi connectivity index (χ2n) is 9.38. The van der Waals surface area contributed by atoms with Crippen molar-refractivity contribution in [3.05, 3.63) is 35.9 Å². The number of hydrogen-bond donors (Lipinski definition) is 3. The minimum absolute atomic E-state index is 0.103. The van der Waals surface area contributed by atoms with Crippen molar-refractivity contribution < 1.29 is 31.8 Å². The Kier molecular flexibility index (Phi) is 4.92. The van der Waals surface area contributed by atoms with E-state index >= 15 is 4.39 Å². The summed E-state index contributed by atoms with van der Waals surface area (Å²) in [6.45, 7) is -0.103. The van der Waals surface area contributed by atoms with Gasteiger partial charge >= 0.3 is 12.3 Å². The van der Waals surface area contributed by atoms with Crippen molar-refractivity contribution in [2.24, 2.45) is 5.92 Å². The molecule has 3 aliphatic carbocycles. The molecule has 1 amide bonds. The van der Waals surface area contributed by atoms with E-state index in [1.807, 2.05) is 0 Å². The number of amides is 1. The molecule has 3 aromatic rings. The maximum atomic E-state index is 15.0. The van der Waals surface area contributed by atoms with Crippen molar-refractivity contribution in [1.29, 1.82) is 0 Å². The van der Waals surface area contributed by atoms with Gasteiger partial charge in [0.05, 0.1) is 24.4 Å². The highest BCUT2D eigenvalue weighted by molar-refractivity contribution is 5.69. The molecule has 0 spiro atoms. The largest absolute Gasteiger partial charge is 0.441 e. The lowest BCUT2D eigenvalue weighted by Crippen LogP contribution is -2.68. The molecule has 4 fully saturated rings. The molecular formula is C21H21F4N7O3. The summed E-state index contributed by atoms with van der Waals surface area (Å²) in [5.41, 5.74) is 0.259. The van der Waals surface area contributed by atoms with Crippen LogP contribution in [-0.4, -0.2) is 61.3 Å². The predicted octanol–water partition coefficient (Wildman–Crippen LogP) is 3.36. The smallest absolute Gasteiger partial charge is 0.408 e. The average Bonchev–Trinajstić information content (AvgIpc) is 3.42. The zero-order chi connectivity index (χ0) is 24.4. The van der Waals surface area contributed by atoms with Crippen molar-refractivity contribution in [2.75, 3.05) is 11.9 Å². The predicted molar refractivity (Wildman–Crippen MR) is 112 cm³/mol. The Bertz CT molecular complexity index is 1260. The van der Waals surface area contributed by atoms with E-state index in [9.17, 15) is 18.0 Å². The standard InChI is InChI=1S/C21H21F4N7O3/c22-16-13(35-19(33)29-20-4-10(5-20)6-20)9-34-17(16)12-3-14(31-30-12)28-18-26-2-1-15-27-11(8-32(15)18)7-21(23,24)25/h1-3,8,10,13,16-17H,4-7,9H2,(H,29,33)(H2,26,28,30,31)/t10?,13-,16+,17-,20?/m1/s1. The molecule has 0 aromatic carbocycles. The number of ether oxygens (including phenoxy) is 2. The fraction of sp³-hybridized carbons (Fsp3) is 0.524. The van der Waals surface area contributed by atoms with Gasteiger partial charge in [-0.15, -0.1) is 0 Å². The molecule has 186 valence electrons. The molecule has 3 atom stereocenters. The Hall–Kier alpha value is -3.42. The highest BCUT2D eigenvalue weighted by atomic mass is 19.4. The number of imidazole rings is 1. The highest BCUT2D eigenvalue weighted by Gasteiger charge is 2.58. The molecule has 7 rings (SSSR count). The zero-order valence-electron chi connectivity index (χ0n) is 18.2. The van der Waals surface area contributed by atoms with Crippen LogP contribution in [0.4, 0.5) is 34.1 Å². The van der Waals surface area contributed by atoms with Gasteiger partial charge in [-0.05, 0) is 31.2 Å². The Morgan fingerprint density at radius 1 is 1.34 bits per heavy atom. The molecule has 10 nitrogen and oxygen atoms in total. The number of anilines is 2. The van der Waals surface area contributed by atoms with Crippen LogP contribution >= 0.6 is 0 Å². The van der Waals surface area contributed by atoms with Gasteiger partial charge < -0.3 is 20.1 Å². The minimum atomic E-state index is -4.39. The normalized spacial score (nSPS) is 29.5. The van der Waals surface area contributed by atoms with Crippen LogP contribution in [0.1, 0.15) is 36.8 Å². The summed E-state index contributed by atoms with van der Waals surface area (Å²) in [4.78, 5) is 20.2. The molecule has 14 heteroatoms. The number of hydrogen-bond acceptors (Lipinski definition) is 7. The number of carbonyl (C=O) groups excluding carboxylic acids is 1. The summed E-state index contributed by atoms with van der Waals surface area (Å²) in [6.07, 6.45) is -4.42. The number of aromatic nitrogens is 5. The Morgan fingerprint density at radius 3 is 2.86 bits per heavy atom. The molecule has 4 aliphatic rings. The lowest BCUT2D eigenvalue weighted by atomic mass is 9.50. The molecule has 4 heterocycles. The molecule has 0 radical (unpaired) electrons. The zero-order valence-corrected chi connectivity index (χ0v) is 18.2. The Morgan fingerprint density at radius 2 is 2.14 bits per heavy atom. The number of rotatable bonds is 6. The van der Waals surface area contributed by atoms with Crippen molar-refractivity contribution in [3.8, 4) is 0 Å². The van der Waals surface area contributed by atoms with Crippen LogP contribution < -0.4 is 10.6 Å². The van der Waals surface area contributed by atoms with Crippen LogP contribution in [0.3, 0.4) is 0 Å². The number of fused-ring (bicyclic) bond motifs is 1. The fourth-order valence-corrected chi connectivity index (χ4v) is 4.97. The second-order valence-corrected chi connectivity index (χ2v) is 9.38. The number of aromatic amines is 1. The maximum Gasteiger partial charge on any atom is 0.408 e. The quantitative estimate of drug-likeness (QED) is 0.449. The topological polar surface area (TPSA) is 118 Å². The third kappa shape index (κ3) is 4.15. The molecule has 3 N–H and O–H groups in total. The van der Waals surface area contributed by atoms with Gasteiger partial charge in [0.25, 0.3) is 0 Å². The van der Waals surface area contributed by atoms with E-state index < -0.39 is 37.1 Å². The van der Waals surface area contributed by atoms with E-state index in [-0.39, 0.29) is 35.3 Å². The van der Waals surface area contributed by atoms with Gasteiger partial charge in [-0.3, -0.25) is 9.50 Å². The van der Waals surface area contributed by atoms with E-state index in [2.05, 4.69) is 30.8 Å². The summed E-state index contributed by atoms with van der Waals surface area (Å²) >= 11 is 0. The van der Waals surface area contributed by atoms with Crippen molar-refractivity contribution >= 4 is 23.5 Å². The van der Waals surface area contributed by atoms with Gasteiger partial charge in [0.2, 0.25) is 5.95 Å². The number of nitrogens with one attached hydrogen (secondary N) is 3. The number of alkyl carbamates (subject to hydrolysis) is 1. The van der Waals surface area contributed by atoms with Gasteiger partial charge in [0, 0.05) is 24.0 Å². The summed E-state index contributed by atoms with van der Waals surface area (Å²) < 4.78 is 65.3. The van der Waals surface area contributed by atoms with Gasteiger partial charge in [-0.25, -0.2) is 19.2 Å². The van der Waals surface area contributed by atoms with E-state index in [1.165, 1.54) is 28.9 Å². The Balaban J connectivity index is 1.11. The van der Waals surface area contributed by atoms with Crippen LogP contribution in [0.25, 0.3) is 5.65 Å². The summed E-state index contributed by atoms with van der Waals surface area (Å²) in [6, 6.07) is 2.97. The molecule has 0 unspecified atom stereocenters. The first-order valence-corrected chi connectivity index (χ1v) is 11.1. The van der Waals surface area contributed by atoms with E-state index in [0.717, 1.165) is 19.3 Å². The number of H-pyrrole nitrogens is 1. The molecule has 3 aromatic heterocycles. The minimum Gasteiger partial charge on any atom is -0.441 e. The molecule has 35 heavy (non-hydrogen) atoms. The van der Waals surface area contributed by atoms with Crippen molar-refractivity contribution in [2.45, 2.75) is 55.8 Å². The monoisotopic (exact) mass is 495 g/mol. The SMILES string of the molecule is O=C(NC12CC(C1)C2)O[C@@H]1CO[C@H](c2cc(Nc3nccc4nc(CC(F)(F)F)cn34)n[nH]2)[C@H]1F. The van der Waals surface area contributed by atoms with Crippen molar-refractivity contribution in [3.63, 3.8) is 0 Å². The van der Waals surface area contributed by atoms with Crippen LogP contribution in [-0.2, 0) is 15.9 Å². The molecular weight excluding hydrogens is 474 g/mol. The summed E-state index contributed by atoms with van der Waals surface area (Å²) in [7, 11) is 0. The van der Waals surface area contributed by atoms with Gasteiger partial charge in [-0.1, -0.05) is 0 Å². The maximum absolute atomic E-state index is 15.0. The fourth-order valence-electron chi connectivity index (χ4n) is 4.97. The average molecular weight is 495 g/mol. The van der Waals surface area contributed by atoms with Crippen LogP contribution in [0.15, 0.2) is 24.5 Å². The first kappa shape index (κ1) is 22.1. The van der Waals surface area contributed by atoms with E-state index in [1.54, 1.807) is 0 Å².